The molecule has 0 aliphatic heterocycles. The molecule has 1 amide bonds. The summed E-state index contributed by atoms with van der Waals surface area (Å²) in [5.41, 5.74) is -0.427. The highest BCUT2D eigenvalue weighted by atomic mass is 16.6. The third kappa shape index (κ3) is 27.4. The zero-order valence-corrected chi connectivity index (χ0v) is 17.2. The van der Waals surface area contributed by atoms with E-state index in [0.717, 1.165) is 12.8 Å². The number of carbonyl (C=O) groups is 1. The molecule has 0 aliphatic carbocycles. The van der Waals surface area contributed by atoms with Crippen LogP contribution in [-0.2, 0) is 4.74 Å². The van der Waals surface area contributed by atoms with Gasteiger partial charge in [-0.05, 0) is 39.5 Å². The Hall–Kier alpha value is -0.990. The molecular formula is C19H43NO2. The summed E-state index contributed by atoms with van der Waals surface area (Å²) >= 11 is 0. The van der Waals surface area contributed by atoms with Gasteiger partial charge >= 0.3 is 6.09 Å². The molecule has 0 heterocycles. The van der Waals surface area contributed by atoms with Gasteiger partial charge in [-0.1, -0.05) is 67.5 Å². The van der Waals surface area contributed by atoms with E-state index >= 15 is 0 Å². The Kier molecular flexibility index (Phi) is 29.5. The van der Waals surface area contributed by atoms with Gasteiger partial charge in [0.2, 0.25) is 0 Å². The molecule has 0 spiro atoms. The lowest BCUT2D eigenvalue weighted by atomic mass is 10.0. The fraction of sp³-hybridized carbons (Fsp3) is 0.842. The number of nitrogens with one attached hydrogen (secondary N) is 1. The minimum absolute atomic E-state index is 0.360. The first-order valence-corrected chi connectivity index (χ1v) is 9.02. The number of hydrogen-bond donors (Lipinski definition) is 1. The molecule has 0 radical (unpaired) electrons. The van der Waals surface area contributed by atoms with Crippen LogP contribution < -0.4 is 5.32 Å². The summed E-state index contributed by atoms with van der Waals surface area (Å²) in [6.07, 6.45) is 6.05. The van der Waals surface area contributed by atoms with Crippen molar-refractivity contribution in [2.75, 3.05) is 6.54 Å². The molecule has 0 aromatic rings. The van der Waals surface area contributed by atoms with Crippen LogP contribution in [0.3, 0.4) is 0 Å². The molecular weight excluding hydrogens is 274 g/mol. The van der Waals surface area contributed by atoms with Crippen LogP contribution in [0.15, 0.2) is 12.2 Å². The fourth-order valence-corrected chi connectivity index (χ4v) is 1.28. The van der Waals surface area contributed by atoms with E-state index in [9.17, 15) is 4.79 Å². The maximum Gasteiger partial charge on any atom is 0.407 e. The van der Waals surface area contributed by atoms with Gasteiger partial charge in [0.1, 0.15) is 5.60 Å². The Morgan fingerprint density at radius 3 is 1.73 bits per heavy atom. The first kappa shape index (κ1) is 29.1. The molecule has 0 rings (SSSR count). The van der Waals surface area contributed by atoms with E-state index in [0.29, 0.717) is 12.5 Å². The molecule has 0 saturated heterocycles. The molecule has 0 aliphatic rings. The van der Waals surface area contributed by atoms with Gasteiger partial charge in [-0.25, -0.2) is 4.79 Å². The van der Waals surface area contributed by atoms with Crippen molar-refractivity contribution < 1.29 is 9.53 Å². The van der Waals surface area contributed by atoms with E-state index in [1.807, 2.05) is 68.4 Å². The fourth-order valence-electron chi connectivity index (χ4n) is 1.28. The molecule has 0 fully saturated rings. The predicted molar refractivity (Wildman–Crippen MR) is 101 cm³/mol. The zero-order chi connectivity index (χ0) is 18.6. The van der Waals surface area contributed by atoms with E-state index in [4.69, 9.17) is 4.74 Å². The Labute approximate surface area is 140 Å². The van der Waals surface area contributed by atoms with Crippen molar-refractivity contribution in [2.24, 2.45) is 5.92 Å². The van der Waals surface area contributed by atoms with E-state index in [2.05, 4.69) is 25.2 Å². The lowest BCUT2D eigenvalue weighted by Gasteiger charge is -2.19. The minimum Gasteiger partial charge on any atom is -0.444 e. The predicted octanol–water partition coefficient (Wildman–Crippen LogP) is 6.58. The minimum atomic E-state index is -0.427. The van der Waals surface area contributed by atoms with Crippen LogP contribution in [0.1, 0.15) is 89.0 Å². The van der Waals surface area contributed by atoms with E-state index in [1.165, 1.54) is 0 Å². The first-order chi connectivity index (χ1) is 10.4. The highest BCUT2D eigenvalue weighted by Crippen LogP contribution is 2.08. The Balaban J connectivity index is -0.000000238. The molecule has 0 bridgehead atoms. The molecule has 0 aromatic heterocycles. The van der Waals surface area contributed by atoms with Crippen LogP contribution in [0.25, 0.3) is 0 Å². The van der Waals surface area contributed by atoms with Crippen LogP contribution in [0.2, 0.25) is 0 Å². The summed E-state index contributed by atoms with van der Waals surface area (Å²) in [5.74, 6) is 0.612. The Morgan fingerprint density at radius 1 is 1.00 bits per heavy atom. The van der Waals surface area contributed by atoms with Gasteiger partial charge in [-0.2, -0.15) is 0 Å². The van der Waals surface area contributed by atoms with Crippen molar-refractivity contribution in [1.29, 1.82) is 0 Å². The topological polar surface area (TPSA) is 38.3 Å². The third-order valence-electron chi connectivity index (χ3n) is 2.22. The third-order valence-corrected chi connectivity index (χ3v) is 2.22. The normalized spacial score (nSPS) is 9.64. The molecule has 22 heavy (non-hydrogen) atoms. The summed E-state index contributed by atoms with van der Waals surface area (Å²) in [6.45, 7) is 22.4. The first-order valence-electron chi connectivity index (χ1n) is 9.02. The van der Waals surface area contributed by atoms with E-state index in [-0.39, 0.29) is 6.09 Å². The average Bonchev–Trinajstić information content (AvgIpc) is 2.52. The SMILES string of the molecule is CC.CC.CC.CCC(/C=C\CNC(=O)OC(C)(C)C)CC. The van der Waals surface area contributed by atoms with Gasteiger partial charge in [-0.15, -0.1) is 0 Å². The number of carbonyl (C=O) groups excluding carboxylic acids is 1. The number of ether oxygens (including phenoxy) is 1. The number of allylic oxidation sites excluding steroid dienone is 1. The number of alkyl carbamates (subject to hydrolysis) is 1. The zero-order valence-electron chi connectivity index (χ0n) is 17.2. The Bertz CT molecular complexity index is 226. The summed E-state index contributed by atoms with van der Waals surface area (Å²) < 4.78 is 5.11. The Morgan fingerprint density at radius 2 is 1.41 bits per heavy atom. The molecule has 0 saturated carbocycles. The van der Waals surface area contributed by atoms with Crippen molar-refractivity contribution >= 4 is 6.09 Å². The van der Waals surface area contributed by atoms with Crippen LogP contribution >= 0.6 is 0 Å². The second-order valence-electron chi connectivity index (χ2n) is 4.89. The van der Waals surface area contributed by atoms with Gasteiger partial charge in [-0.3, -0.25) is 0 Å². The van der Waals surface area contributed by atoms with Crippen molar-refractivity contribution in [3.8, 4) is 0 Å². The lowest BCUT2D eigenvalue weighted by Crippen LogP contribution is -2.32. The van der Waals surface area contributed by atoms with E-state index < -0.39 is 5.60 Å². The largest absolute Gasteiger partial charge is 0.444 e. The maximum absolute atomic E-state index is 11.3. The van der Waals surface area contributed by atoms with Crippen molar-refractivity contribution in [2.45, 2.75) is 94.6 Å². The van der Waals surface area contributed by atoms with Crippen molar-refractivity contribution in [1.82, 2.24) is 5.32 Å². The number of rotatable bonds is 5. The van der Waals surface area contributed by atoms with Crippen LogP contribution in [-0.4, -0.2) is 18.2 Å². The molecule has 136 valence electrons. The molecule has 3 heteroatoms. The summed E-state index contributed by atoms with van der Waals surface area (Å²) in [5, 5.41) is 2.69. The highest BCUT2D eigenvalue weighted by molar-refractivity contribution is 5.67. The maximum atomic E-state index is 11.3. The summed E-state index contributed by atoms with van der Waals surface area (Å²) in [4.78, 5) is 11.3. The van der Waals surface area contributed by atoms with Crippen molar-refractivity contribution in [3.05, 3.63) is 12.2 Å². The van der Waals surface area contributed by atoms with Crippen LogP contribution in [0.4, 0.5) is 4.79 Å². The molecule has 0 atom stereocenters. The number of hydrogen-bond acceptors (Lipinski definition) is 2. The monoisotopic (exact) mass is 317 g/mol. The van der Waals surface area contributed by atoms with Crippen LogP contribution in [0.5, 0.6) is 0 Å². The second-order valence-corrected chi connectivity index (χ2v) is 4.89. The average molecular weight is 318 g/mol. The summed E-state index contributed by atoms with van der Waals surface area (Å²) in [7, 11) is 0. The van der Waals surface area contributed by atoms with E-state index in [1.54, 1.807) is 0 Å². The molecule has 3 nitrogen and oxygen atoms in total. The van der Waals surface area contributed by atoms with Gasteiger partial charge in [0.25, 0.3) is 0 Å². The highest BCUT2D eigenvalue weighted by Gasteiger charge is 2.14. The van der Waals surface area contributed by atoms with Crippen LogP contribution in [0, 0.1) is 5.92 Å². The molecule has 1 N–H and O–H groups in total. The van der Waals surface area contributed by atoms with Gasteiger partial charge in [0.15, 0.2) is 0 Å². The summed E-state index contributed by atoms with van der Waals surface area (Å²) in [6, 6.07) is 0. The van der Waals surface area contributed by atoms with Gasteiger partial charge in [0.05, 0.1) is 0 Å². The quantitative estimate of drug-likeness (QED) is 0.581. The number of amides is 1. The molecule has 0 aromatic carbocycles. The molecule has 0 unspecified atom stereocenters. The smallest absolute Gasteiger partial charge is 0.407 e. The lowest BCUT2D eigenvalue weighted by molar-refractivity contribution is 0.0534. The van der Waals surface area contributed by atoms with Gasteiger partial charge in [0, 0.05) is 6.54 Å². The van der Waals surface area contributed by atoms with Gasteiger partial charge < -0.3 is 10.1 Å². The van der Waals surface area contributed by atoms with Crippen molar-refractivity contribution in [3.63, 3.8) is 0 Å². The second kappa shape index (κ2) is 22.3. The standard InChI is InChI=1S/C13H25NO2.3C2H6/c1-6-11(7-2)9-8-10-14-12(15)16-13(3,4)5;3*1-2/h8-9,11H,6-7,10H2,1-5H3,(H,14,15);3*1-2H3/b9-8-;;;.